The van der Waals surface area contributed by atoms with E-state index in [4.69, 9.17) is 4.74 Å². The lowest BCUT2D eigenvalue weighted by atomic mass is 9.79. The molecule has 1 aliphatic heterocycles. The van der Waals surface area contributed by atoms with Gasteiger partial charge in [-0.1, -0.05) is 12.1 Å². The van der Waals surface area contributed by atoms with E-state index in [1.165, 1.54) is 6.08 Å². The van der Waals surface area contributed by atoms with E-state index >= 15 is 0 Å². The zero-order valence-electron chi connectivity index (χ0n) is 10.3. The van der Waals surface area contributed by atoms with Gasteiger partial charge in [0.05, 0.1) is 11.8 Å². The van der Waals surface area contributed by atoms with Gasteiger partial charge in [0.25, 0.3) is 0 Å². The number of Topliss-reactive ketones (excluding diaryl/α,β-unsaturated/α-hetero) is 1. The Kier molecular flexibility index (Phi) is 2.85. The first-order valence-corrected chi connectivity index (χ1v) is 6.35. The Morgan fingerprint density at radius 1 is 1.11 bits per heavy atom. The lowest BCUT2D eigenvalue weighted by Gasteiger charge is -2.32. The molecule has 0 aromatic heterocycles. The number of hydrogen-bond acceptors (Lipinski definition) is 4. The summed E-state index contributed by atoms with van der Waals surface area (Å²) < 4.78 is 5.58. The minimum Gasteiger partial charge on any atom is -0.508 e. The molecule has 1 aromatic rings. The molecule has 1 aromatic carbocycles. The van der Waals surface area contributed by atoms with Crippen LogP contribution in [-0.4, -0.2) is 23.3 Å². The fourth-order valence-corrected chi connectivity index (χ4v) is 2.66. The van der Waals surface area contributed by atoms with Crippen LogP contribution < -0.4 is 0 Å². The first-order chi connectivity index (χ1) is 9.15. The number of ketones is 2. The van der Waals surface area contributed by atoms with E-state index in [-0.39, 0.29) is 35.8 Å². The topological polar surface area (TPSA) is 63.6 Å². The first kappa shape index (κ1) is 12.0. The predicted molar refractivity (Wildman–Crippen MR) is 67.6 cm³/mol. The van der Waals surface area contributed by atoms with Crippen LogP contribution in [0.25, 0.3) is 0 Å². The van der Waals surface area contributed by atoms with Crippen LogP contribution in [0.5, 0.6) is 5.75 Å². The summed E-state index contributed by atoms with van der Waals surface area (Å²) in [6, 6.07) is 6.62. The molecule has 1 aliphatic carbocycles. The van der Waals surface area contributed by atoms with Crippen LogP contribution >= 0.6 is 0 Å². The normalized spacial score (nSPS) is 26.4. The Labute approximate surface area is 110 Å². The maximum Gasteiger partial charge on any atom is 0.159 e. The summed E-state index contributed by atoms with van der Waals surface area (Å²) in [4.78, 5) is 23.8. The maximum atomic E-state index is 12.5. The van der Waals surface area contributed by atoms with Gasteiger partial charge in [0.15, 0.2) is 11.6 Å². The molecular weight excluding hydrogens is 244 g/mol. The van der Waals surface area contributed by atoms with Crippen LogP contribution in [0.2, 0.25) is 0 Å². The third-order valence-corrected chi connectivity index (χ3v) is 3.73. The van der Waals surface area contributed by atoms with E-state index in [1.807, 2.05) is 0 Å². The zero-order valence-corrected chi connectivity index (χ0v) is 10.3. The van der Waals surface area contributed by atoms with Crippen LogP contribution in [-0.2, 0) is 14.3 Å². The summed E-state index contributed by atoms with van der Waals surface area (Å²) >= 11 is 0. The summed E-state index contributed by atoms with van der Waals surface area (Å²) in [5, 5.41) is 9.27. The van der Waals surface area contributed by atoms with Gasteiger partial charge in [-0.25, -0.2) is 0 Å². The van der Waals surface area contributed by atoms with Crippen LogP contribution in [0.3, 0.4) is 0 Å². The molecule has 1 fully saturated rings. The van der Waals surface area contributed by atoms with Gasteiger partial charge in [-0.15, -0.1) is 0 Å². The molecule has 1 saturated heterocycles. The molecule has 0 spiro atoms. The van der Waals surface area contributed by atoms with Crippen molar-refractivity contribution in [1.82, 2.24) is 0 Å². The lowest BCUT2D eigenvalue weighted by Crippen LogP contribution is -2.35. The number of phenols is 1. The Morgan fingerprint density at radius 3 is 2.58 bits per heavy atom. The van der Waals surface area contributed by atoms with Gasteiger partial charge in [-0.05, 0) is 24.1 Å². The number of ether oxygens (including phenoxy) is 1. The molecule has 2 atom stereocenters. The van der Waals surface area contributed by atoms with Crippen molar-refractivity contribution in [3.05, 3.63) is 41.7 Å². The Balaban J connectivity index is 1.87. The van der Waals surface area contributed by atoms with Gasteiger partial charge < -0.3 is 9.84 Å². The highest BCUT2D eigenvalue weighted by atomic mass is 16.5. The van der Waals surface area contributed by atoms with Crippen molar-refractivity contribution in [2.75, 3.05) is 6.61 Å². The second-order valence-corrected chi connectivity index (χ2v) is 4.96. The molecule has 1 heterocycles. The Hall–Kier alpha value is -2.10. The number of carbonyl (C=O) groups is 2. The smallest absolute Gasteiger partial charge is 0.159 e. The minimum absolute atomic E-state index is 0.0298. The summed E-state index contributed by atoms with van der Waals surface area (Å²) in [6.07, 6.45) is 2.41. The molecule has 3 rings (SSSR count). The average Bonchev–Trinajstić information content (AvgIpc) is 2.40. The van der Waals surface area contributed by atoms with E-state index in [0.29, 0.717) is 18.6 Å². The third-order valence-electron chi connectivity index (χ3n) is 3.73. The van der Waals surface area contributed by atoms with Gasteiger partial charge in [0.2, 0.25) is 0 Å². The van der Waals surface area contributed by atoms with E-state index < -0.39 is 0 Å². The molecule has 98 valence electrons. The Bertz CT molecular complexity index is 556. The van der Waals surface area contributed by atoms with E-state index in [1.54, 1.807) is 24.3 Å². The highest BCUT2D eigenvalue weighted by Crippen LogP contribution is 2.36. The van der Waals surface area contributed by atoms with Gasteiger partial charge in [0.1, 0.15) is 18.1 Å². The SMILES string of the molecule is O=C1C=C2OC[C@H](c3ccc(O)cc3)C(=O)[C@H]2CC1. The van der Waals surface area contributed by atoms with E-state index in [2.05, 4.69) is 0 Å². The van der Waals surface area contributed by atoms with Crippen LogP contribution in [0.1, 0.15) is 24.3 Å². The van der Waals surface area contributed by atoms with Crippen molar-refractivity contribution in [2.45, 2.75) is 18.8 Å². The van der Waals surface area contributed by atoms with Crippen molar-refractivity contribution in [3.63, 3.8) is 0 Å². The summed E-state index contributed by atoms with van der Waals surface area (Å²) in [5.74, 6) is 0.243. The van der Waals surface area contributed by atoms with Gasteiger partial charge in [0, 0.05) is 12.5 Å². The molecular formula is C15H14O4. The van der Waals surface area contributed by atoms with Gasteiger partial charge in [-0.3, -0.25) is 9.59 Å². The number of aromatic hydroxyl groups is 1. The number of rotatable bonds is 1. The fraction of sp³-hybridized carbons (Fsp3) is 0.333. The molecule has 0 amide bonds. The number of hydrogen-bond donors (Lipinski definition) is 1. The number of benzene rings is 1. The zero-order chi connectivity index (χ0) is 13.4. The standard InChI is InChI=1S/C15H14O4/c16-10-3-1-9(2-4-10)13-8-19-14-7-11(17)5-6-12(14)15(13)18/h1-4,7,12-13,16H,5-6,8H2/t12-,13+/m0/s1. The molecule has 2 aliphatic rings. The van der Waals surface area contributed by atoms with Crippen LogP contribution in [0, 0.1) is 5.92 Å². The number of fused-ring (bicyclic) bond motifs is 1. The van der Waals surface area contributed by atoms with Crippen molar-refractivity contribution >= 4 is 11.6 Å². The number of carbonyl (C=O) groups excluding carboxylic acids is 2. The van der Waals surface area contributed by atoms with Crippen molar-refractivity contribution < 1.29 is 19.4 Å². The molecule has 4 nitrogen and oxygen atoms in total. The van der Waals surface area contributed by atoms with Crippen LogP contribution in [0.15, 0.2) is 36.1 Å². The van der Waals surface area contributed by atoms with Gasteiger partial charge in [-0.2, -0.15) is 0 Å². The minimum atomic E-state index is -0.309. The fourth-order valence-electron chi connectivity index (χ4n) is 2.66. The maximum absolute atomic E-state index is 12.5. The first-order valence-electron chi connectivity index (χ1n) is 6.35. The molecule has 1 N–H and O–H groups in total. The second kappa shape index (κ2) is 4.53. The lowest BCUT2D eigenvalue weighted by molar-refractivity contribution is -0.130. The molecule has 0 bridgehead atoms. The monoisotopic (exact) mass is 258 g/mol. The largest absolute Gasteiger partial charge is 0.508 e. The summed E-state index contributed by atoms with van der Waals surface area (Å²) in [6.45, 7) is 0.263. The third kappa shape index (κ3) is 2.14. The summed E-state index contributed by atoms with van der Waals surface area (Å²) in [7, 11) is 0. The highest BCUT2D eigenvalue weighted by Gasteiger charge is 2.38. The average molecular weight is 258 g/mol. The molecule has 19 heavy (non-hydrogen) atoms. The molecule has 0 saturated carbocycles. The quantitative estimate of drug-likeness (QED) is 0.836. The van der Waals surface area contributed by atoms with Crippen molar-refractivity contribution in [2.24, 2.45) is 5.92 Å². The van der Waals surface area contributed by atoms with Crippen LogP contribution in [0.4, 0.5) is 0 Å². The van der Waals surface area contributed by atoms with Crippen molar-refractivity contribution in [3.8, 4) is 5.75 Å². The predicted octanol–water partition coefficient (Wildman–Crippen LogP) is 1.94. The summed E-state index contributed by atoms with van der Waals surface area (Å²) in [5.41, 5.74) is 0.846. The van der Waals surface area contributed by atoms with E-state index in [9.17, 15) is 14.7 Å². The van der Waals surface area contributed by atoms with Crippen molar-refractivity contribution in [1.29, 1.82) is 0 Å². The van der Waals surface area contributed by atoms with E-state index in [0.717, 1.165) is 5.56 Å². The number of phenolic OH excluding ortho intramolecular Hbond substituents is 1. The highest BCUT2D eigenvalue weighted by molar-refractivity contribution is 5.97. The number of allylic oxidation sites excluding steroid dienone is 2. The Morgan fingerprint density at radius 2 is 1.84 bits per heavy atom. The van der Waals surface area contributed by atoms with Gasteiger partial charge >= 0.3 is 0 Å². The second-order valence-electron chi connectivity index (χ2n) is 4.96. The molecule has 4 heteroatoms. The molecule has 0 unspecified atom stereocenters. The molecule has 0 radical (unpaired) electrons.